The van der Waals surface area contributed by atoms with Gasteiger partial charge in [-0.25, -0.2) is 4.68 Å². The predicted octanol–water partition coefficient (Wildman–Crippen LogP) is 3.68. The second-order valence-electron chi connectivity index (χ2n) is 6.77. The van der Waals surface area contributed by atoms with Crippen molar-refractivity contribution in [1.82, 2.24) is 14.7 Å². The van der Waals surface area contributed by atoms with E-state index in [-0.39, 0.29) is 5.91 Å². The SMILES string of the molecule is Cc1ccccc1-n1ncc(C(=O)N2CCCCC2)c1C1CC1. The summed E-state index contributed by atoms with van der Waals surface area (Å²) in [4.78, 5) is 15.0. The molecule has 0 radical (unpaired) electrons. The monoisotopic (exact) mass is 309 g/mol. The third-order valence-electron chi connectivity index (χ3n) is 4.99. The van der Waals surface area contributed by atoms with Gasteiger partial charge in [-0.3, -0.25) is 4.79 Å². The molecule has 0 spiro atoms. The molecule has 0 unspecified atom stereocenters. The van der Waals surface area contributed by atoms with Gasteiger partial charge in [-0.15, -0.1) is 0 Å². The molecule has 0 bridgehead atoms. The van der Waals surface area contributed by atoms with Gasteiger partial charge in [0.2, 0.25) is 0 Å². The lowest BCUT2D eigenvalue weighted by Gasteiger charge is -2.26. The topological polar surface area (TPSA) is 38.1 Å². The first-order valence-electron chi connectivity index (χ1n) is 8.69. The average Bonchev–Trinajstić information content (AvgIpc) is 3.34. The summed E-state index contributed by atoms with van der Waals surface area (Å²) >= 11 is 0. The van der Waals surface area contributed by atoms with Gasteiger partial charge in [0.05, 0.1) is 23.1 Å². The number of piperidine rings is 1. The number of hydrogen-bond donors (Lipinski definition) is 0. The molecule has 4 nitrogen and oxygen atoms in total. The third kappa shape index (κ3) is 2.67. The summed E-state index contributed by atoms with van der Waals surface area (Å²) < 4.78 is 2.00. The number of aryl methyl sites for hydroxylation is 1. The Kier molecular flexibility index (Phi) is 3.68. The summed E-state index contributed by atoms with van der Waals surface area (Å²) in [6.07, 6.45) is 7.60. The molecule has 2 aromatic rings. The number of para-hydroxylation sites is 1. The van der Waals surface area contributed by atoms with E-state index in [4.69, 9.17) is 0 Å². The lowest BCUT2D eigenvalue weighted by atomic mass is 10.1. The van der Waals surface area contributed by atoms with Crippen LogP contribution in [0.15, 0.2) is 30.5 Å². The van der Waals surface area contributed by atoms with Gasteiger partial charge in [-0.2, -0.15) is 5.10 Å². The molecule has 0 atom stereocenters. The highest BCUT2D eigenvalue weighted by atomic mass is 16.2. The summed E-state index contributed by atoms with van der Waals surface area (Å²) in [5.74, 6) is 0.660. The average molecular weight is 309 g/mol. The van der Waals surface area contributed by atoms with E-state index in [1.807, 2.05) is 21.7 Å². The van der Waals surface area contributed by atoms with Crippen LogP contribution in [0.4, 0.5) is 0 Å². The summed E-state index contributed by atoms with van der Waals surface area (Å²) in [5.41, 5.74) is 4.22. The smallest absolute Gasteiger partial charge is 0.257 e. The van der Waals surface area contributed by atoms with E-state index in [9.17, 15) is 4.79 Å². The number of aromatic nitrogens is 2. The fourth-order valence-corrected chi connectivity index (χ4v) is 3.53. The molecule has 1 amide bonds. The molecule has 2 fully saturated rings. The minimum atomic E-state index is 0.173. The maximum atomic E-state index is 13.0. The van der Waals surface area contributed by atoms with Crippen molar-refractivity contribution in [3.63, 3.8) is 0 Å². The van der Waals surface area contributed by atoms with Gasteiger partial charge >= 0.3 is 0 Å². The van der Waals surface area contributed by atoms with Crippen molar-refractivity contribution in [2.75, 3.05) is 13.1 Å². The lowest BCUT2D eigenvalue weighted by Crippen LogP contribution is -2.36. The maximum Gasteiger partial charge on any atom is 0.257 e. The van der Waals surface area contributed by atoms with E-state index in [2.05, 4.69) is 24.2 Å². The zero-order valence-electron chi connectivity index (χ0n) is 13.7. The quantitative estimate of drug-likeness (QED) is 0.867. The Hall–Kier alpha value is -2.10. The highest BCUT2D eigenvalue weighted by Crippen LogP contribution is 2.43. The van der Waals surface area contributed by atoms with E-state index >= 15 is 0 Å². The number of carbonyl (C=O) groups is 1. The Morgan fingerprint density at radius 1 is 1.13 bits per heavy atom. The van der Waals surface area contributed by atoms with E-state index in [0.29, 0.717) is 5.92 Å². The molecule has 120 valence electrons. The van der Waals surface area contributed by atoms with Crippen LogP contribution in [0.1, 0.15) is 59.6 Å². The lowest BCUT2D eigenvalue weighted by molar-refractivity contribution is 0.0723. The minimum Gasteiger partial charge on any atom is -0.339 e. The zero-order valence-corrected chi connectivity index (χ0v) is 13.7. The molecule has 1 saturated heterocycles. The summed E-state index contributed by atoms with van der Waals surface area (Å²) in [7, 11) is 0. The van der Waals surface area contributed by atoms with E-state index in [1.165, 1.54) is 12.0 Å². The largest absolute Gasteiger partial charge is 0.339 e. The van der Waals surface area contributed by atoms with Gasteiger partial charge in [-0.05, 0) is 50.7 Å². The number of carbonyl (C=O) groups excluding carboxylic acids is 1. The molecule has 1 saturated carbocycles. The molecule has 2 heterocycles. The highest BCUT2D eigenvalue weighted by molar-refractivity contribution is 5.95. The number of hydrogen-bond acceptors (Lipinski definition) is 2. The number of likely N-dealkylation sites (tertiary alicyclic amines) is 1. The van der Waals surface area contributed by atoms with Gasteiger partial charge in [0.1, 0.15) is 0 Å². The molecule has 1 aromatic carbocycles. The van der Waals surface area contributed by atoms with Crippen molar-refractivity contribution in [3.05, 3.63) is 47.3 Å². The fourth-order valence-electron chi connectivity index (χ4n) is 3.53. The Morgan fingerprint density at radius 2 is 1.87 bits per heavy atom. The number of nitrogens with zero attached hydrogens (tertiary/aromatic N) is 3. The predicted molar refractivity (Wildman–Crippen MR) is 90.0 cm³/mol. The van der Waals surface area contributed by atoms with Gasteiger partial charge in [0.25, 0.3) is 5.91 Å². The van der Waals surface area contributed by atoms with Crippen LogP contribution in [-0.4, -0.2) is 33.7 Å². The van der Waals surface area contributed by atoms with Crippen molar-refractivity contribution >= 4 is 5.91 Å². The van der Waals surface area contributed by atoms with Crippen molar-refractivity contribution in [2.24, 2.45) is 0 Å². The van der Waals surface area contributed by atoms with E-state index in [0.717, 1.165) is 55.7 Å². The Bertz CT molecular complexity index is 724. The molecule has 23 heavy (non-hydrogen) atoms. The maximum absolute atomic E-state index is 13.0. The molecular weight excluding hydrogens is 286 g/mol. The minimum absolute atomic E-state index is 0.173. The standard InChI is InChI=1S/C19H23N3O/c1-14-7-3-4-8-17(14)22-18(15-9-10-15)16(13-20-22)19(23)21-11-5-2-6-12-21/h3-4,7-8,13,15H,2,5-6,9-12H2,1H3. The molecule has 1 aromatic heterocycles. The van der Waals surface area contributed by atoms with Crippen LogP contribution in [0.3, 0.4) is 0 Å². The van der Waals surface area contributed by atoms with Crippen molar-refractivity contribution in [3.8, 4) is 5.69 Å². The van der Waals surface area contributed by atoms with Crippen LogP contribution in [0.25, 0.3) is 5.69 Å². The molecule has 1 aliphatic carbocycles. The van der Waals surface area contributed by atoms with Gasteiger partial charge in [-0.1, -0.05) is 18.2 Å². The van der Waals surface area contributed by atoms with Crippen LogP contribution in [0, 0.1) is 6.92 Å². The second kappa shape index (κ2) is 5.84. The molecule has 4 rings (SSSR count). The molecule has 2 aliphatic rings. The Balaban J connectivity index is 1.74. The fraction of sp³-hybridized carbons (Fsp3) is 0.474. The second-order valence-corrected chi connectivity index (χ2v) is 6.77. The number of rotatable bonds is 3. The van der Waals surface area contributed by atoms with Gasteiger partial charge in [0, 0.05) is 19.0 Å². The number of amides is 1. The molecular formula is C19H23N3O. The Morgan fingerprint density at radius 3 is 2.57 bits per heavy atom. The summed E-state index contributed by atoms with van der Waals surface area (Å²) in [5, 5.41) is 4.59. The zero-order chi connectivity index (χ0) is 15.8. The first-order chi connectivity index (χ1) is 11.3. The van der Waals surface area contributed by atoms with Crippen LogP contribution in [0.5, 0.6) is 0 Å². The van der Waals surface area contributed by atoms with E-state index < -0.39 is 0 Å². The van der Waals surface area contributed by atoms with Crippen LogP contribution >= 0.6 is 0 Å². The van der Waals surface area contributed by atoms with Crippen LogP contribution < -0.4 is 0 Å². The summed E-state index contributed by atoms with van der Waals surface area (Å²) in [6, 6.07) is 8.26. The van der Waals surface area contributed by atoms with Crippen molar-refractivity contribution in [2.45, 2.75) is 44.9 Å². The number of benzene rings is 1. The first kappa shape index (κ1) is 14.5. The molecule has 0 N–H and O–H groups in total. The highest BCUT2D eigenvalue weighted by Gasteiger charge is 2.34. The van der Waals surface area contributed by atoms with Gasteiger partial charge in [0.15, 0.2) is 0 Å². The van der Waals surface area contributed by atoms with Crippen molar-refractivity contribution < 1.29 is 4.79 Å². The normalized spacial score (nSPS) is 18.2. The van der Waals surface area contributed by atoms with Crippen LogP contribution in [-0.2, 0) is 0 Å². The van der Waals surface area contributed by atoms with Crippen LogP contribution in [0.2, 0.25) is 0 Å². The van der Waals surface area contributed by atoms with Gasteiger partial charge < -0.3 is 4.90 Å². The van der Waals surface area contributed by atoms with E-state index in [1.54, 1.807) is 6.20 Å². The Labute approximate surface area is 137 Å². The van der Waals surface area contributed by atoms with Crippen molar-refractivity contribution in [1.29, 1.82) is 0 Å². The summed E-state index contributed by atoms with van der Waals surface area (Å²) in [6.45, 7) is 3.87. The first-order valence-corrected chi connectivity index (χ1v) is 8.69. The third-order valence-corrected chi connectivity index (χ3v) is 4.99. The molecule has 1 aliphatic heterocycles. The molecule has 4 heteroatoms.